The Hall–Kier alpha value is -3.26. The Morgan fingerprint density at radius 1 is 1.02 bits per heavy atom. The number of aromatic hydroxyl groups is 1. The molecule has 4 atom stereocenters. The van der Waals surface area contributed by atoms with Gasteiger partial charge in [0.25, 0.3) is 5.91 Å². The van der Waals surface area contributed by atoms with Crippen LogP contribution in [0, 0.1) is 18.8 Å². The third-order valence-electron chi connectivity index (χ3n) is 7.23. The molecule has 42 heavy (non-hydrogen) atoms. The number of hydrogen-bond donors (Lipinski definition) is 3. The molecule has 2 aromatic rings. The number of benzene rings is 2. The molecule has 2 aromatic carbocycles. The Labute approximate surface area is 256 Å². The first-order valence-corrected chi connectivity index (χ1v) is 15.1. The van der Waals surface area contributed by atoms with E-state index in [-0.39, 0.29) is 11.7 Å². The van der Waals surface area contributed by atoms with E-state index in [1.807, 2.05) is 33.8 Å². The zero-order chi connectivity index (χ0) is 31.8. The molecule has 2 rings (SSSR count). The molecule has 0 fully saturated rings. The standard InChI is InChI=1S/C33H48ClN3O5/c1-10-21(4)28(36-32(41)42-33(7,8)9)31(40)37(23(6)18-17-20(2)3)29(24-14-12-15-25(38)19-24)30(39)35-27-22(5)13-11-16-26(27)34/h11-16,19-21,23,28-29,38H,10,17-18H2,1-9H3,(H,35,39)(H,36,41). The number of hydrogen-bond acceptors (Lipinski definition) is 5. The Balaban J connectivity index is 2.69. The highest BCUT2D eigenvalue weighted by Gasteiger charge is 2.40. The van der Waals surface area contributed by atoms with E-state index < -0.39 is 41.6 Å². The number of aryl methyl sites for hydroxylation is 1. The number of anilines is 1. The van der Waals surface area contributed by atoms with Crippen LogP contribution in [0.2, 0.25) is 5.02 Å². The van der Waals surface area contributed by atoms with Crippen LogP contribution in [0.5, 0.6) is 5.75 Å². The van der Waals surface area contributed by atoms with Crippen LogP contribution < -0.4 is 10.6 Å². The molecule has 0 bridgehead atoms. The average Bonchev–Trinajstić information content (AvgIpc) is 2.89. The van der Waals surface area contributed by atoms with Gasteiger partial charge in [-0.05, 0) is 88.6 Å². The predicted octanol–water partition coefficient (Wildman–Crippen LogP) is 7.63. The van der Waals surface area contributed by atoms with Gasteiger partial charge in [-0.15, -0.1) is 0 Å². The fourth-order valence-electron chi connectivity index (χ4n) is 4.71. The number of phenolic OH excluding ortho intramolecular Hbond substituents is 1. The lowest BCUT2D eigenvalue weighted by molar-refractivity contribution is -0.144. The van der Waals surface area contributed by atoms with Crippen molar-refractivity contribution < 1.29 is 24.2 Å². The number of halogens is 1. The quantitative estimate of drug-likeness (QED) is 0.232. The Morgan fingerprint density at radius 2 is 1.67 bits per heavy atom. The highest BCUT2D eigenvalue weighted by Crippen LogP contribution is 2.33. The minimum atomic E-state index is -1.13. The van der Waals surface area contributed by atoms with Crippen LogP contribution in [0.1, 0.15) is 91.8 Å². The summed E-state index contributed by atoms with van der Waals surface area (Å²) in [5, 5.41) is 16.5. The third-order valence-corrected chi connectivity index (χ3v) is 7.54. The normalized spacial score (nSPS) is 14.5. The monoisotopic (exact) mass is 601 g/mol. The van der Waals surface area contributed by atoms with E-state index in [4.69, 9.17) is 16.3 Å². The molecule has 0 saturated heterocycles. The van der Waals surface area contributed by atoms with Crippen molar-refractivity contribution in [3.8, 4) is 5.75 Å². The topological polar surface area (TPSA) is 108 Å². The molecule has 8 nitrogen and oxygen atoms in total. The van der Waals surface area contributed by atoms with Crippen molar-refractivity contribution in [3.05, 3.63) is 58.6 Å². The van der Waals surface area contributed by atoms with Gasteiger partial charge in [-0.25, -0.2) is 4.79 Å². The van der Waals surface area contributed by atoms with E-state index in [0.29, 0.717) is 35.0 Å². The second-order valence-electron chi connectivity index (χ2n) is 12.5. The summed E-state index contributed by atoms with van der Waals surface area (Å²) in [6.45, 7) is 17.0. The second kappa shape index (κ2) is 15.3. The zero-order valence-electron chi connectivity index (χ0n) is 26.5. The number of nitrogens with one attached hydrogen (secondary N) is 2. The number of ether oxygens (including phenoxy) is 1. The van der Waals surface area contributed by atoms with Crippen molar-refractivity contribution in [2.75, 3.05) is 5.32 Å². The number of carbonyl (C=O) groups excluding carboxylic acids is 3. The molecule has 0 aliphatic rings. The maximum Gasteiger partial charge on any atom is 0.408 e. The average molecular weight is 602 g/mol. The summed E-state index contributed by atoms with van der Waals surface area (Å²) in [7, 11) is 0. The molecule has 0 spiro atoms. The number of amides is 3. The number of rotatable bonds is 12. The zero-order valence-corrected chi connectivity index (χ0v) is 27.2. The first kappa shape index (κ1) is 34.9. The SMILES string of the molecule is CCC(C)C(NC(=O)OC(C)(C)C)C(=O)N(C(C)CCC(C)C)C(C(=O)Nc1c(C)cccc1Cl)c1cccc(O)c1. The van der Waals surface area contributed by atoms with Gasteiger partial charge in [-0.3, -0.25) is 9.59 Å². The lowest BCUT2D eigenvalue weighted by Crippen LogP contribution is -2.57. The molecule has 0 aliphatic carbocycles. The largest absolute Gasteiger partial charge is 0.508 e. The summed E-state index contributed by atoms with van der Waals surface area (Å²) >= 11 is 6.46. The molecule has 9 heteroatoms. The van der Waals surface area contributed by atoms with Gasteiger partial charge in [0.15, 0.2) is 0 Å². The van der Waals surface area contributed by atoms with Gasteiger partial charge in [0, 0.05) is 6.04 Å². The van der Waals surface area contributed by atoms with Gasteiger partial charge in [0.1, 0.15) is 23.4 Å². The lowest BCUT2D eigenvalue weighted by Gasteiger charge is -2.40. The Bertz CT molecular complexity index is 1210. The molecule has 0 heterocycles. The molecular weight excluding hydrogens is 554 g/mol. The van der Waals surface area contributed by atoms with Gasteiger partial charge in [0.05, 0.1) is 10.7 Å². The van der Waals surface area contributed by atoms with E-state index >= 15 is 0 Å². The van der Waals surface area contributed by atoms with Crippen LogP contribution in [0.25, 0.3) is 0 Å². The van der Waals surface area contributed by atoms with Crippen molar-refractivity contribution >= 4 is 35.2 Å². The van der Waals surface area contributed by atoms with Crippen molar-refractivity contribution in [1.82, 2.24) is 10.2 Å². The van der Waals surface area contributed by atoms with Crippen molar-refractivity contribution in [1.29, 1.82) is 0 Å². The van der Waals surface area contributed by atoms with Crippen molar-refractivity contribution in [2.45, 2.75) is 105 Å². The molecule has 0 aliphatic heterocycles. The highest BCUT2D eigenvalue weighted by atomic mass is 35.5. The maximum absolute atomic E-state index is 14.6. The van der Waals surface area contributed by atoms with E-state index in [2.05, 4.69) is 24.5 Å². The first-order valence-electron chi connectivity index (χ1n) is 14.7. The van der Waals surface area contributed by atoms with Crippen LogP contribution >= 0.6 is 11.6 Å². The van der Waals surface area contributed by atoms with Crippen LogP contribution in [0.3, 0.4) is 0 Å². The van der Waals surface area contributed by atoms with Crippen LogP contribution in [-0.2, 0) is 14.3 Å². The molecule has 4 unspecified atom stereocenters. The predicted molar refractivity (Wildman–Crippen MR) is 169 cm³/mol. The van der Waals surface area contributed by atoms with Crippen molar-refractivity contribution in [3.63, 3.8) is 0 Å². The number of carbonyl (C=O) groups is 3. The van der Waals surface area contributed by atoms with Crippen LogP contribution in [0.4, 0.5) is 10.5 Å². The van der Waals surface area contributed by atoms with Gasteiger partial charge in [0.2, 0.25) is 5.91 Å². The summed E-state index contributed by atoms with van der Waals surface area (Å²) in [5.41, 5.74) is 0.887. The fraction of sp³-hybridized carbons (Fsp3) is 0.545. The van der Waals surface area contributed by atoms with E-state index in [1.54, 1.807) is 49.9 Å². The number of alkyl carbamates (subject to hydrolysis) is 1. The summed E-state index contributed by atoms with van der Waals surface area (Å²) < 4.78 is 5.50. The third kappa shape index (κ3) is 9.93. The molecule has 0 aromatic heterocycles. The molecule has 232 valence electrons. The minimum Gasteiger partial charge on any atom is -0.508 e. The first-order chi connectivity index (χ1) is 19.5. The highest BCUT2D eigenvalue weighted by molar-refractivity contribution is 6.34. The number of nitrogens with zero attached hydrogens (tertiary/aromatic N) is 1. The molecule has 3 N–H and O–H groups in total. The van der Waals surface area contributed by atoms with Crippen molar-refractivity contribution in [2.24, 2.45) is 11.8 Å². The molecule has 3 amide bonds. The summed E-state index contributed by atoms with van der Waals surface area (Å²) in [6, 6.07) is 9.18. The smallest absolute Gasteiger partial charge is 0.408 e. The fourth-order valence-corrected chi connectivity index (χ4v) is 4.97. The van der Waals surface area contributed by atoms with Gasteiger partial charge >= 0.3 is 6.09 Å². The number of para-hydroxylation sites is 1. The van der Waals surface area contributed by atoms with Gasteiger partial charge < -0.3 is 25.4 Å². The summed E-state index contributed by atoms with van der Waals surface area (Å²) in [4.78, 5) is 43.3. The molecule has 0 radical (unpaired) electrons. The Morgan fingerprint density at radius 3 is 2.21 bits per heavy atom. The van der Waals surface area contributed by atoms with E-state index in [0.717, 1.165) is 12.0 Å². The second-order valence-corrected chi connectivity index (χ2v) is 12.9. The molecular formula is C33H48ClN3O5. The molecule has 0 saturated carbocycles. The Kier molecular flexibility index (Phi) is 12.7. The van der Waals surface area contributed by atoms with E-state index in [1.165, 1.54) is 12.1 Å². The number of phenols is 1. The van der Waals surface area contributed by atoms with E-state index in [9.17, 15) is 19.5 Å². The maximum atomic E-state index is 14.6. The summed E-state index contributed by atoms with van der Waals surface area (Å²) in [6.07, 6.45) is 1.33. The lowest BCUT2D eigenvalue weighted by atomic mass is 9.93. The van der Waals surface area contributed by atoms with Crippen LogP contribution in [0.15, 0.2) is 42.5 Å². The minimum absolute atomic E-state index is 0.0354. The van der Waals surface area contributed by atoms with Gasteiger partial charge in [-0.2, -0.15) is 0 Å². The summed E-state index contributed by atoms with van der Waals surface area (Å²) in [5.74, 6) is -0.823. The van der Waals surface area contributed by atoms with Crippen LogP contribution in [-0.4, -0.2) is 45.6 Å². The van der Waals surface area contributed by atoms with Gasteiger partial charge in [-0.1, -0.05) is 70.0 Å².